The van der Waals surface area contributed by atoms with Gasteiger partial charge in [0.15, 0.2) is 0 Å². The maximum atomic E-state index is 13.2. The molecule has 1 amide bonds. The molecule has 0 aromatic heterocycles. The van der Waals surface area contributed by atoms with E-state index in [9.17, 15) is 4.79 Å². The molecule has 2 saturated carbocycles. The Morgan fingerprint density at radius 3 is 2.31 bits per heavy atom. The van der Waals surface area contributed by atoms with Crippen LogP contribution in [0.25, 0.3) is 0 Å². The van der Waals surface area contributed by atoms with Gasteiger partial charge < -0.3 is 5.32 Å². The molecule has 2 aromatic carbocycles. The van der Waals surface area contributed by atoms with E-state index < -0.39 is 0 Å². The van der Waals surface area contributed by atoms with Crippen molar-refractivity contribution >= 4 is 17.7 Å². The van der Waals surface area contributed by atoms with Crippen LogP contribution < -0.4 is 5.32 Å². The van der Waals surface area contributed by atoms with Crippen LogP contribution in [0.1, 0.15) is 43.4 Å². The standard InChI is InChI=1S/C23H27NOS/c1-16(21-15-17-12-13-19(21)14-17)24-23(25)22(18-8-4-2-5-9-18)26-20-10-6-3-7-11-20/h2-11,16-17,19,21-22H,12-15H2,1H3,(H,24,25). The molecule has 0 heterocycles. The average Bonchev–Trinajstić information content (AvgIpc) is 3.31. The average molecular weight is 366 g/mol. The summed E-state index contributed by atoms with van der Waals surface area (Å²) in [5.74, 6) is 2.54. The number of hydrogen-bond donors (Lipinski definition) is 1. The molecule has 0 saturated heterocycles. The lowest BCUT2D eigenvalue weighted by atomic mass is 9.84. The summed E-state index contributed by atoms with van der Waals surface area (Å²) < 4.78 is 0. The number of carbonyl (C=O) groups excluding carboxylic acids is 1. The van der Waals surface area contributed by atoms with Gasteiger partial charge in [-0.05, 0) is 61.6 Å². The molecule has 26 heavy (non-hydrogen) atoms. The van der Waals surface area contributed by atoms with E-state index >= 15 is 0 Å². The first kappa shape index (κ1) is 17.7. The highest BCUT2D eigenvalue weighted by Gasteiger charge is 2.42. The number of fused-ring (bicyclic) bond motifs is 2. The van der Waals surface area contributed by atoms with Crippen molar-refractivity contribution in [3.8, 4) is 0 Å². The highest BCUT2D eigenvalue weighted by Crippen LogP contribution is 2.49. The molecule has 5 unspecified atom stereocenters. The summed E-state index contributed by atoms with van der Waals surface area (Å²) in [4.78, 5) is 14.3. The Labute approximate surface area is 160 Å². The van der Waals surface area contributed by atoms with E-state index in [1.54, 1.807) is 11.8 Å². The SMILES string of the molecule is CC(NC(=O)C(Sc1ccccc1)c1ccccc1)C1CC2CCC1C2. The van der Waals surface area contributed by atoms with Crippen molar-refractivity contribution in [1.82, 2.24) is 5.32 Å². The zero-order valence-electron chi connectivity index (χ0n) is 15.3. The van der Waals surface area contributed by atoms with Crippen LogP contribution in [0.15, 0.2) is 65.6 Å². The van der Waals surface area contributed by atoms with Crippen molar-refractivity contribution in [2.24, 2.45) is 17.8 Å². The van der Waals surface area contributed by atoms with Gasteiger partial charge >= 0.3 is 0 Å². The highest BCUT2D eigenvalue weighted by atomic mass is 32.2. The van der Waals surface area contributed by atoms with Crippen LogP contribution in [-0.2, 0) is 4.79 Å². The smallest absolute Gasteiger partial charge is 0.238 e. The Morgan fingerprint density at radius 2 is 1.69 bits per heavy atom. The van der Waals surface area contributed by atoms with Gasteiger partial charge in [0.25, 0.3) is 0 Å². The van der Waals surface area contributed by atoms with Gasteiger partial charge in [-0.2, -0.15) is 0 Å². The molecule has 2 fully saturated rings. The Kier molecular flexibility index (Phi) is 5.35. The van der Waals surface area contributed by atoms with Crippen molar-refractivity contribution in [3.05, 3.63) is 66.2 Å². The summed E-state index contributed by atoms with van der Waals surface area (Å²) >= 11 is 1.64. The molecule has 0 spiro atoms. The quantitative estimate of drug-likeness (QED) is 0.689. The monoisotopic (exact) mass is 365 g/mol. The van der Waals surface area contributed by atoms with Crippen molar-refractivity contribution in [1.29, 1.82) is 0 Å². The zero-order valence-corrected chi connectivity index (χ0v) is 16.1. The fraction of sp³-hybridized carbons (Fsp3) is 0.435. The van der Waals surface area contributed by atoms with E-state index in [-0.39, 0.29) is 17.2 Å². The number of thioether (sulfide) groups is 1. The topological polar surface area (TPSA) is 29.1 Å². The molecular formula is C23H27NOS. The minimum absolute atomic E-state index is 0.139. The molecule has 5 atom stereocenters. The zero-order chi connectivity index (χ0) is 17.9. The van der Waals surface area contributed by atoms with Crippen LogP contribution in [0.3, 0.4) is 0 Å². The minimum Gasteiger partial charge on any atom is -0.352 e. The maximum absolute atomic E-state index is 13.2. The first-order valence-electron chi connectivity index (χ1n) is 9.77. The predicted molar refractivity (Wildman–Crippen MR) is 108 cm³/mol. The van der Waals surface area contributed by atoms with Gasteiger partial charge in [-0.25, -0.2) is 0 Å². The van der Waals surface area contributed by atoms with Crippen LogP contribution in [0, 0.1) is 17.8 Å². The molecule has 2 bridgehead atoms. The van der Waals surface area contributed by atoms with Crippen molar-refractivity contribution < 1.29 is 4.79 Å². The summed E-state index contributed by atoms with van der Waals surface area (Å²) in [6.45, 7) is 2.21. The maximum Gasteiger partial charge on any atom is 0.238 e. The van der Waals surface area contributed by atoms with Gasteiger partial charge in [-0.1, -0.05) is 55.0 Å². The highest BCUT2D eigenvalue weighted by molar-refractivity contribution is 8.00. The summed E-state index contributed by atoms with van der Waals surface area (Å²) in [7, 11) is 0. The summed E-state index contributed by atoms with van der Waals surface area (Å²) in [6.07, 6.45) is 5.44. The van der Waals surface area contributed by atoms with Crippen LogP contribution in [0.4, 0.5) is 0 Å². The molecule has 0 aliphatic heterocycles. The Hall–Kier alpha value is -1.74. The number of rotatable bonds is 6. The van der Waals surface area contributed by atoms with E-state index in [1.807, 2.05) is 36.4 Å². The first-order valence-corrected chi connectivity index (χ1v) is 10.7. The summed E-state index contributed by atoms with van der Waals surface area (Å²) in [5.41, 5.74) is 1.07. The molecule has 0 radical (unpaired) electrons. The third kappa shape index (κ3) is 3.83. The van der Waals surface area contributed by atoms with Gasteiger partial charge in [0, 0.05) is 10.9 Å². The third-order valence-electron chi connectivity index (χ3n) is 6.14. The van der Waals surface area contributed by atoms with E-state index in [4.69, 9.17) is 0 Å². The minimum atomic E-state index is -0.209. The van der Waals surface area contributed by atoms with Gasteiger partial charge in [0.1, 0.15) is 5.25 Å². The molecule has 3 heteroatoms. The molecule has 4 rings (SSSR count). The summed E-state index contributed by atoms with van der Waals surface area (Å²) in [6, 6.07) is 20.6. The van der Waals surface area contributed by atoms with E-state index in [1.165, 1.54) is 25.7 Å². The lowest BCUT2D eigenvalue weighted by Crippen LogP contribution is -2.41. The lowest BCUT2D eigenvalue weighted by Gasteiger charge is -2.30. The van der Waals surface area contributed by atoms with E-state index in [2.05, 4.69) is 36.5 Å². The number of carbonyl (C=O) groups is 1. The lowest BCUT2D eigenvalue weighted by molar-refractivity contribution is -0.121. The van der Waals surface area contributed by atoms with Crippen LogP contribution in [-0.4, -0.2) is 11.9 Å². The second-order valence-electron chi connectivity index (χ2n) is 7.86. The fourth-order valence-corrected chi connectivity index (χ4v) is 5.90. The van der Waals surface area contributed by atoms with Crippen LogP contribution in [0.2, 0.25) is 0 Å². The fourth-order valence-electron chi connectivity index (χ4n) is 4.85. The van der Waals surface area contributed by atoms with E-state index in [0.29, 0.717) is 5.92 Å². The Balaban J connectivity index is 1.48. The number of hydrogen-bond acceptors (Lipinski definition) is 2. The normalized spacial score (nSPS) is 26.4. The van der Waals surface area contributed by atoms with E-state index in [0.717, 1.165) is 22.3 Å². The molecule has 2 aliphatic carbocycles. The van der Waals surface area contributed by atoms with Crippen molar-refractivity contribution in [2.45, 2.75) is 48.8 Å². The number of amides is 1. The molecule has 2 aromatic rings. The molecule has 2 nitrogen and oxygen atoms in total. The Morgan fingerprint density at radius 1 is 1.00 bits per heavy atom. The molecule has 136 valence electrons. The second kappa shape index (κ2) is 7.87. The largest absolute Gasteiger partial charge is 0.352 e. The van der Waals surface area contributed by atoms with Gasteiger partial charge in [0.2, 0.25) is 5.91 Å². The molecule has 2 aliphatic rings. The summed E-state index contributed by atoms with van der Waals surface area (Å²) in [5, 5.41) is 3.16. The van der Waals surface area contributed by atoms with Crippen molar-refractivity contribution in [2.75, 3.05) is 0 Å². The number of nitrogens with one attached hydrogen (secondary N) is 1. The molecule has 1 N–H and O–H groups in total. The Bertz CT molecular complexity index is 732. The number of benzene rings is 2. The second-order valence-corrected chi connectivity index (χ2v) is 9.04. The predicted octanol–water partition coefficient (Wildman–Crippen LogP) is 5.46. The first-order chi connectivity index (χ1) is 12.7. The van der Waals surface area contributed by atoms with Gasteiger partial charge in [0.05, 0.1) is 0 Å². The van der Waals surface area contributed by atoms with Gasteiger partial charge in [-0.15, -0.1) is 11.8 Å². The van der Waals surface area contributed by atoms with Gasteiger partial charge in [-0.3, -0.25) is 4.79 Å². The van der Waals surface area contributed by atoms with Crippen LogP contribution in [0.5, 0.6) is 0 Å². The van der Waals surface area contributed by atoms with Crippen LogP contribution >= 0.6 is 11.8 Å². The molecular weight excluding hydrogens is 338 g/mol. The van der Waals surface area contributed by atoms with Crippen molar-refractivity contribution in [3.63, 3.8) is 0 Å². The third-order valence-corrected chi connectivity index (χ3v) is 7.41.